The van der Waals surface area contributed by atoms with E-state index in [4.69, 9.17) is 4.74 Å². The first-order valence-corrected chi connectivity index (χ1v) is 10.6. The molecule has 2 aromatic carbocycles. The van der Waals surface area contributed by atoms with Gasteiger partial charge >= 0.3 is 0 Å². The maximum Gasteiger partial charge on any atom is 0.245 e. The van der Waals surface area contributed by atoms with E-state index in [0.29, 0.717) is 23.5 Å². The summed E-state index contributed by atoms with van der Waals surface area (Å²) in [7, 11) is 1.48. The van der Waals surface area contributed by atoms with Gasteiger partial charge in [0.15, 0.2) is 10.6 Å². The summed E-state index contributed by atoms with van der Waals surface area (Å²) in [5.41, 5.74) is 4.11. The van der Waals surface area contributed by atoms with Gasteiger partial charge in [-0.3, -0.25) is 14.4 Å². The zero-order chi connectivity index (χ0) is 22.4. The summed E-state index contributed by atoms with van der Waals surface area (Å²) in [6, 6.07) is 11.0. The summed E-state index contributed by atoms with van der Waals surface area (Å²) in [4.78, 5) is 35.7. The van der Waals surface area contributed by atoms with E-state index in [-0.39, 0.29) is 17.6 Å². The highest BCUT2D eigenvalue weighted by Gasteiger charge is 2.23. The maximum atomic E-state index is 13.0. The third-order valence-corrected chi connectivity index (χ3v) is 5.90. The van der Waals surface area contributed by atoms with E-state index in [0.717, 1.165) is 16.7 Å². The molecule has 0 aliphatic rings. The second-order valence-electron chi connectivity index (χ2n) is 7.19. The highest BCUT2D eigenvalue weighted by atomic mass is 79.9. The average molecular weight is 475 g/mol. The summed E-state index contributed by atoms with van der Waals surface area (Å²) in [5, 5.41) is 5.59. The fourth-order valence-corrected chi connectivity index (χ4v) is 3.37. The van der Waals surface area contributed by atoms with Crippen molar-refractivity contribution in [3.8, 4) is 5.75 Å². The van der Waals surface area contributed by atoms with E-state index in [1.807, 2.05) is 32.9 Å². The highest BCUT2D eigenvalue weighted by molar-refractivity contribution is 9.10. The molecule has 30 heavy (non-hydrogen) atoms. The number of ether oxygens (including phenoxy) is 1. The van der Waals surface area contributed by atoms with Crippen molar-refractivity contribution in [1.29, 1.82) is 0 Å². The predicted octanol–water partition coefficient (Wildman–Crippen LogP) is 4.74. The SMILES string of the molecule is CCC(C(=O)Nc1ccc(OC)c(NC(=O)C(Br)C(C)=O)c1)c1ccc(C)cc1C. The van der Waals surface area contributed by atoms with Crippen LogP contribution in [0.15, 0.2) is 36.4 Å². The second-order valence-corrected chi connectivity index (χ2v) is 8.10. The molecule has 2 N–H and O–H groups in total. The van der Waals surface area contributed by atoms with E-state index in [9.17, 15) is 14.4 Å². The molecule has 0 aromatic heterocycles. The average Bonchev–Trinajstić information content (AvgIpc) is 2.69. The Balaban J connectivity index is 2.25. The van der Waals surface area contributed by atoms with E-state index in [1.54, 1.807) is 18.2 Å². The molecule has 160 valence electrons. The highest BCUT2D eigenvalue weighted by Crippen LogP contribution is 2.30. The number of nitrogens with one attached hydrogen (secondary N) is 2. The summed E-state index contributed by atoms with van der Waals surface area (Å²) in [6.07, 6.45) is 0.652. The summed E-state index contributed by atoms with van der Waals surface area (Å²) in [6.45, 7) is 7.32. The number of anilines is 2. The Kier molecular flexibility index (Phi) is 8.17. The van der Waals surface area contributed by atoms with Crippen LogP contribution in [0.25, 0.3) is 0 Å². The fraction of sp³-hybridized carbons (Fsp3) is 0.348. The van der Waals surface area contributed by atoms with Crippen molar-refractivity contribution in [1.82, 2.24) is 0 Å². The Bertz CT molecular complexity index is 958. The van der Waals surface area contributed by atoms with Crippen LogP contribution in [0.3, 0.4) is 0 Å². The molecule has 2 rings (SSSR count). The molecule has 0 fully saturated rings. The van der Waals surface area contributed by atoms with E-state index >= 15 is 0 Å². The number of rotatable bonds is 8. The number of amides is 2. The number of alkyl halides is 1. The van der Waals surface area contributed by atoms with Gasteiger partial charge in [0.1, 0.15) is 5.75 Å². The van der Waals surface area contributed by atoms with Crippen LogP contribution in [0.4, 0.5) is 11.4 Å². The minimum absolute atomic E-state index is 0.131. The maximum absolute atomic E-state index is 13.0. The predicted molar refractivity (Wildman–Crippen MR) is 123 cm³/mol. The topological polar surface area (TPSA) is 84.5 Å². The van der Waals surface area contributed by atoms with Crippen LogP contribution in [0, 0.1) is 13.8 Å². The van der Waals surface area contributed by atoms with Gasteiger partial charge in [-0.2, -0.15) is 0 Å². The van der Waals surface area contributed by atoms with Crippen LogP contribution < -0.4 is 15.4 Å². The molecule has 0 aliphatic heterocycles. The molecule has 2 unspecified atom stereocenters. The molecule has 7 heteroatoms. The zero-order valence-corrected chi connectivity index (χ0v) is 19.4. The number of ketones is 1. The number of halogens is 1. The molecule has 0 bridgehead atoms. The number of Topliss-reactive ketones (excluding diaryl/α,β-unsaturated/α-hetero) is 1. The Morgan fingerprint density at radius 1 is 1.03 bits per heavy atom. The van der Waals surface area contributed by atoms with Crippen molar-refractivity contribution >= 4 is 44.9 Å². The van der Waals surface area contributed by atoms with Gasteiger partial charge < -0.3 is 15.4 Å². The summed E-state index contributed by atoms with van der Waals surface area (Å²) < 4.78 is 5.28. The van der Waals surface area contributed by atoms with E-state index in [1.165, 1.54) is 14.0 Å². The number of hydrogen-bond acceptors (Lipinski definition) is 4. The van der Waals surface area contributed by atoms with Gasteiger partial charge in [0, 0.05) is 5.69 Å². The number of carbonyl (C=O) groups excluding carboxylic acids is 3. The minimum Gasteiger partial charge on any atom is -0.495 e. The first-order chi connectivity index (χ1) is 14.2. The normalized spacial score (nSPS) is 12.6. The lowest BCUT2D eigenvalue weighted by molar-refractivity contribution is -0.123. The largest absolute Gasteiger partial charge is 0.495 e. The molecule has 0 saturated heterocycles. The molecule has 2 amide bonds. The molecule has 2 aromatic rings. The lowest BCUT2D eigenvalue weighted by atomic mass is 9.91. The van der Waals surface area contributed by atoms with Crippen LogP contribution in [-0.2, 0) is 14.4 Å². The van der Waals surface area contributed by atoms with Crippen molar-refractivity contribution in [3.05, 3.63) is 53.1 Å². The van der Waals surface area contributed by atoms with Gasteiger partial charge in [0.2, 0.25) is 11.8 Å². The number of hydrogen-bond donors (Lipinski definition) is 2. The van der Waals surface area contributed by atoms with Gasteiger partial charge in [-0.05, 0) is 56.5 Å². The van der Waals surface area contributed by atoms with E-state index < -0.39 is 10.7 Å². The van der Waals surface area contributed by atoms with Gasteiger partial charge in [-0.25, -0.2) is 0 Å². The number of methoxy groups -OCH3 is 1. The molecule has 0 spiro atoms. The Morgan fingerprint density at radius 3 is 2.30 bits per heavy atom. The standard InChI is InChI=1S/C23H27BrN2O4/c1-6-17(18-9-7-13(2)11-14(18)3)22(28)25-16-8-10-20(30-5)19(12-16)26-23(29)21(24)15(4)27/h7-12,17,21H,6H2,1-5H3,(H,25,28)(H,26,29). The minimum atomic E-state index is -0.963. The Hall–Kier alpha value is -2.67. The molecule has 2 atom stereocenters. The number of carbonyl (C=O) groups is 3. The smallest absolute Gasteiger partial charge is 0.245 e. The fourth-order valence-electron chi connectivity index (χ4n) is 3.26. The molecule has 6 nitrogen and oxygen atoms in total. The summed E-state index contributed by atoms with van der Waals surface area (Å²) >= 11 is 3.06. The van der Waals surface area contributed by atoms with E-state index in [2.05, 4.69) is 32.6 Å². The van der Waals surface area contributed by atoms with Crippen LogP contribution in [0.2, 0.25) is 0 Å². The lowest BCUT2D eigenvalue weighted by Gasteiger charge is -2.19. The van der Waals surface area contributed by atoms with Crippen LogP contribution in [0.1, 0.15) is 42.9 Å². The first kappa shape index (κ1) is 23.6. The van der Waals surface area contributed by atoms with Crippen molar-refractivity contribution < 1.29 is 19.1 Å². The monoisotopic (exact) mass is 474 g/mol. The third kappa shape index (κ3) is 5.69. The van der Waals surface area contributed by atoms with Crippen molar-refractivity contribution in [2.24, 2.45) is 0 Å². The van der Waals surface area contributed by atoms with Crippen molar-refractivity contribution in [2.75, 3.05) is 17.7 Å². The van der Waals surface area contributed by atoms with Crippen molar-refractivity contribution in [2.45, 2.75) is 44.9 Å². The van der Waals surface area contributed by atoms with Crippen LogP contribution in [-0.4, -0.2) is 29.5 Å². The molecule has 0 aliphatic carbocycles. The van der Waals surface area contributed by atoms with Gasteiger partial charge in [0.25, 0.3) is 0 Å². The number of benzene rings is 2. The first-order valence-electron chi connectivity index (χ1n) is 9.69. The van der Waals surface area contributed by atoms with Crippen LogP contribution in [0.5, 0.6) is 5.75 Å². The number of aryl methyl sites for hydroxylation is 2. The molecule has 0 saturated carbocycles. The Morgan fingerprint density at radius 2 is 1.73 bits per heavy atom. The molecular formula is C23H27BrN2O4. The summed E-state index contributed by atoms with van der Waals surface area (Å²) in [5.74, 6) is -0.823. The molecular weight excluding hydrogens is 448 g/mol. The second kappa shape index (κ2) is 10.4. The van der Waals surface area contributed by atoms with Crippen LogP contribution >= 0.6 is 15.9 Å². The Labute approximate surface area is 185 Å². The molecule has 0 radical (unpaired) electrons. The van der Waals surface area contributed by atoms with Gasteiger partial charge in [0.05, 0.1) is 18.7 Å². The van der Waals surface area contributed by atoms with Crippen molar-refractivity contribution in [3.63, 3.8) is 0 Å². The zero-order valence-electron chi connectivity index (χ0n) is 17.8. The van der Waals surface area contributed by atoms with Gasteiger partial charge in [-0.15, -0.1) is 0 Å². The lowest BCUT2D eigenvalue weighted by Crippen LogP contribution is -2.28. The quantitative estimate of drug-likeness (QED) is 0.427. The third-order valence-electron chi connectivity index (χ3n) is 4.84. The molecule has 0 heterocycles. The van der Waals surface area contributed by atoms with Gasteiger partial charge in [-0.1, -0.05) is 46.6 Å².